The maximum Gasteiger partial charge on any atom is 0.310 e. The smallest absolute Gasteiger partial charge is 0.310 e. The molecule has 1 saturated heterocycles. The number of carbonyl (C=O) groups is 2. The van der Waals surface area contributed by atoms with Gasteiger partial charge in [0.2, 0.25) is 5.89 Å². The summed E-state index contributed by atoms with van der Waals surface area (Å²) in [6.45, 7) is 4.39. The summed E-state index contributed by atoms with van der Waals surface area (Å²) in [5, 5.41) is 6.68. The lowest BCUT2D eigenvalue weighted by Crippen LogP contribution is -2.39. The van der Waals surface area contributed by atoms with E-state index in [4.69, 9.17) is 9.26 Å². The highest BCUT2D eigenvalue weighted by atomic mass is 16.5. The molecule has 27 heavy (non-hydrogen) atoms. The molecular weight excluding hydrogens is 348 g/mol. The van der Waals surface area contributed by atoms with Crippen LogP contribution in [0.25, 0.3) is 0 Å². The third-order valence-corrected chi connectivity index (χ3v) is 4.44. The number of hydrogen-bond acceptors (Lipinski definition) is 7. The highest BCUT2D eigenvalue weighted by Gasteiger charge is 2.27. The second-order valence-corrected chi connectivity index (χ2v) is 6.48. The van der Waals surface area contributed by atoms with Crippen molar-refractivity contribution >= 4 is 11.9 Å². The SMILES string of the molecule is CCOC(=O)C1CCCN(Cc2nc(CNC(=O)c3ccccc3)no2)C1. The van der Waals surface area contributed by atoms with E-state index in [-0.39, 0.29) is 24.3 Å². The predicted molar refractivity (Wildman–Crippen MR) is 96.5 cm³/mol. The van der Waals surface area contributed by atoms with Crippen LogP contribution in [0.5, 0.6) is 0 Å². The number of amides is 1. The van der Waals surface area contributed by atoms with Gasteiger partial charge in [-0.15, -0.1) is 0 Å². The molecule has 8 heteroatoms. The zero-order chi connectivity index (χ0) is 19.1. The third-order valence-electron chi connectivity index (χ3n) is 4.44. The van der Waals surface area contributed by atoms with Crippen molar-refractivity contribution in [2.45, 2.75) is 32.9 Å². The first-order chi connectivity index (χ1) is 13.2. The fourth-order valence-corrected chi connectivity index (χ4v) is 3.12. The lowest BCUT2D eigenvalue weighted by atomic mass is 9.98. The molecule has 8 nitrogen and oxygen atoms in total. The third kappa shape index (κ3) is 5.37. The van der Waals surface area contributed by atoms with Crippen LogP contribution in [-0.2, 0) is 22.6 Å². The maximum absolute atomic E-state index is 12.0. The van der Waals surface area contributed by atoms with Gasteiger partial charge in [-0.1, -0.05) is 23.4 Å². The van der Waals surface area contributed by atoms with Crippen LogP contribution in [-0.4, -0.2) is 46.6 Å². The van der Waals surface area contributed by atoms with E-state index in [0.717, 1.165) is 19.4 Å². The molecule has 0 saturated carbocycles. The molecule has 1 aliphatic heterocycles. The van der Waals surface area contributed by atoms with E-state index in [9.17, 15) is 9.59 Å². The van der Waals surface area contributed by atoms with Crippen LogP contribution in [0.2, 0.25) is 0 Å². The Labute approximate surface area is 157 Å². The van der Waals surface area contributed by atoms with Gasteiger partial charge in [-0.25, -0.2) is 0 Å². The summed E-state index contributed by atoms with van der Waals surface area (Å²) in [4.78, 5) is 30.4. The first kappa shape index (κ1) is 19.0. The zero-order valence-electron chi connectivity index (χ0n) is 15.4. The molecule has 0 radical (unpaired) electrons. The monoisotopic (exact) mass is 372 g/mol. The highest BCUT2D eigenvalue weighted by molar-refractivity contribution is 5.93. The number of nitrogens with one attached hydrogen (secondary N) is 1. The molecule has 2 aromatic rings. The van der Waals surface area contributed by atoms with E-state index in [1.165, 1.54) is 0 Å². The van der Waals surface area contributed by atoms with Crippen molar-refractivity contribution < 1.29 is 18.8 Å². The first-order valence-corrected chi connectivity index (χ1v) is 9.19. The number of likely N-dealkylation sites (tertiary alicyclic amines) is 1. The van der Waals surface area contributed by atoms with Crippen molar-refractivity contribution in [3.8, 4) is 0 Å². The average Bonchev–Trinajstić information content (AvgIpc) is 3.14. The summed E-state index contributed by atoms with van der Waals surface area (Å²) in [6, 6.07) is 8.96. The lowest BCUT2D eigenvalue weighted by Gasteiger charge is -2.30. The van der Waals surface area contributed by atoms with E-state index >= 15 is 0 Å². The molecule has 1 aromatic heterocycles. The number of nitrogens with zero attached hydrogens (tertiary/aromatic N) is 3. The summed E-state index contributed by atoms with van der Waals surface area (Å²) < 4.78 is 10.4. The van der Waals surface area contributed by atoms with Gasteiger partial charge < -0.3 is 14.6 Å². The Morgan fingerprint density at radius 2 is 2.15 bits per heavy atom. The number of benzene rings is 1. The molecule has 1 atom stereocenters. The van der Waals surface area contributed by atoms with Gasteiger partial charge in [0, 0.05) is 12.1 Å². The van der Waals surface area contributed by atoms with Crippen LogP contribution in [0, 0.1) is 5.92 Å². The summed E-state index contributed by atoms with van der Waals surface area (Å²) in [7, 11) is 0. The lowest BCUT2D eigenvalue weighted by molar-refractivity contribution is -0.150. The minimum absolute atomic E-state index is 0.105. The van der Waals surface area contributed by atoms with Gasteiger partial charge in [0.25, 0.3) is 5.91 Å². The van der Waals surface area contributed by atoms with Gasteiger partial charge in [0.1, 0.15) is 0 Å². The second kappa shape index (κ2) is 9.27. The maximum atomic E-state index is 12.0. The topological polar surface area (TPSA) is 97.6 Å². The van der Waals surface area contributed by atoms with Crippen LogP contribution in [0.3, 0.4) is 0 Å². The molecule has 1 amide bonds. The number of aromatic nitrogens is 2. The van der Waals surface area contributed by atoms with E-state index < -0.39 is 0 Å². The Morgan fingerprint density at radius 3 is 2.93 bits per heavy atom. The predicted octanol–water partition coefficient (Wildman–Crippen LogP) is 1.77. The number of rotatable bonds is 7. The standard InChI is InChI=1S/C19H24N4O4/c1-2-26-19(25)15-9-6-10-23(12-15)13-17-21-16(22-27-17)11-20-18(24)14-7-4-3-5-8-14/h3-5,7-8,15H,2,6,9-13H2,1H3,(H,20,24). The van der Waals surface area contributed by atoms with Gasteiger partial charge in [0.05, 0.1) is 25.6 Å². The quantitative estimate of drug-likeness (QED) is 0.740. The highest BCUT2D eigenvalue weighted by Crippen LogP contribution is 2.19. The molecule has 1 aromatic carbocycles. The Kier molecular flexibility index (Phi) is 6.54. The van der Waals surface area contributed by atoms with Crippen molar-refractivity contribution in [2.24, 2.45) is 5.92 Å². The molecule has 0 bridgehead atoms. The van der Waals surface area contributed by atoms with Gasteiger partial charge in [-0.2, -0.15) is 4.98 Å². The van der Waals surface area contributed by atoms with Gasteiger partial charge in [0.15, 0.2) is 5.82 Å². The number of hydrogen-bond donors (Lipinski definition) is 1. The molecule has 144 valence electrons. The minimum atomic E-state index is -0.185. The number of carbonyl (C=O) groups excluding carboxylic acids is 2. The Bertz CT molecular complexity index is 762. The minimum Gasteiger partial charge on any atom is -0.466 e. The molecule has 0 spiro atoms. The van der Waals surface area contributed by atoms with E-state index in [1.54, 1.807) is 12.1 Å². The van der Waals surface area contributed by atoms with Crippen LogP contribution in [0.1, 0.15) is 41.8 Å². The molecule has 0 aliphatic carbocycles. The number of esters is 1. The van der Waals surface area contributed by atoms with Crippen molar-refractivity contribution in [1.82, 2.24) is 20.4 Å². The van der Waals surface area contributed by atoms with Crippen LogP contribution >= 0.6 is 0 Å². The Hall–Kier alpha value is -2.74. The van der Waals surface area contributed by atoms with Gasteiger partial charge in [-0.3, -0.25) is 14.5 Å². The van der Waals surface area contributed by atoms with Crippen molar-refractivity contribution in [1.29, 1.82) is 0 Å². The molecule has 1 N–H and O–H groups in total. The number of piperidine rings is 1. The molecule has 1 aliphatic rings. The molecule has 1 fully saturated rings. The van der Waals surface area contributed by atoms with E-state index in [2.05, 4.69) is 20.4 Å². The fraction of sp³-hybridized carbons (Fsp3) is 0.474. The largest absolute Gasteiger partial charge is 0.466 e. The van der Waals surface area contributed by atoms with E-state index in [1.807, 2.05) is 25.1 Å². The second-order valence-electron chi connectivity index (χ2n) is 6.48. The molecule has 2 heterocycles. The van der Waals surface area contributed by atoms with Crippen molar-refractivity contribution in [2.75, 3.05) is 19.7 Å². The Morgan fingerprint density at radius 1 is 1.33 bits per heavy atom. The summed E-state index contributed by atoms with van der Waals surface area (Å²) in [5.41, 5.74) is 0.583. The zero-order valence-corrected chi connectivity index (χ0v) is 15.4. The summed E-state index contributed by atoms with van der Waals surface area (Å²) in [5.74, 6) is 0.468. The fourth-order valence-electron chi connectivity index (χ4n) is 3.12. The molecular formula is C19H24N4O4. The van der Waals surface area contributed by atoms with E-state index in [0.29, 0.717) is 37.0 Å². The summed E-state index contributed by atoms with van der Waals surface area (Å²) >= 11 is 0. The average molecular weight is 372 g/mol. The number of ether oxygens (including phenoxy) is 1. The van der Waals surface area contributed by atoms with Crippen molar-refractivity contribution in [3.63, 3.8) is 0 Å². The molecule has 3 rings (SSSR count). The van der Waals surface area contributed by atoms with Gasteiger partial charge >= 0.3 is 5.97 Å². The normalized spacial score (nSPS) is 17.4. The van der Waals surface area contributed by atoms with Crippen LogP contribution in [0.15, 0.2) is 34.9 Å². The van der Waals surface area contributed by atoms with Crippen LogP contribution < -0.4 is 5.32 Å². The summed E-state index contributed by atoms with van der Waals surface area (Å²) in [6.07, 6.45) is 1.77. The Balaban J connectivity index is 1.49. The van der Waals surface area contributed by atoms with Crippen molar-refractivity contribution in [3.05, 3.63) is 47.6 Å². The molecule has 1 unspecified atom stereocenters. The first-order valence-electron chi connectivity index (χ1n) is 9.19. The van der Waals surface area contributed by atoms with Crippen LogP contribution in [0.4, 0.5) is 0 Å². The van der Waals surface area contributed by atoms with Gasteiger partial charge in [-0.05, 0) is 38.4 Å².